The van der Waals surface area contributed by atoms with Crippen molar-refractivity contribution in [3.05, 3.63) is 39.7 Å². The second-order valence-corrected chi connectivity index (χ2v) is 3.80. The van der Waals surface area contributed by atoms with Crippen LogP contribution in [0.1, 0.15) is 6.92 Å². The molecule has 0 fully saturated rings. The van der Waals surface area contributed by atoms with Gasteiger partial charge in [0.2, 0.25) is 5.28 Å². The van der Waals surface area contributed by atoms with Crippen molar-refractivity contribution in [2.75, 3.05) is 6.61 Å². The van der Waals surface area contributed by atoms with Crippen molar-refractivity contribution in [3.8, 4) is 17.8 Å². The van der Waals surface area contributed by atoms with E-state index in [4.69, 9.17) is 21.1 Å². The smallest absolute Gasteiger partial charge is 0.329 e. The number of nitrogens with zero attached hydrogens (tertiary/aromatic N) is 4. The molecule has 0 N–H and O–H groups in total. The first-order valence-electron chi connectivity index (χ1n) is 5.55. The summed E-state index contributed by atoms with van der Waals surface area (Å²) in [4.78, 5) is 21.5. The molecule has 1 aromatic carbocycles. The van der Waals surface area contributed by atoms with E-state index in [-0.39, 0.29) is 28.7 Å². The summed E-state index contributed by atoms with van der Waals surface area (Å²) < 4.78 is 10.4. The second-order valence-electron chi connectivity index (χ2n) is 3.46. The highest BCUT2D eigenvalue weighted by Gasteiger charge is 2.11. The maximum Gasteiger partial charge on any atom is 0.329 e. The molecule has 0 aliphatic heterocycles. The Morgan fingerprint density at radius 1 is 1.30 bits per heavy atom. The molecule has 0 saturated heterocycles. The fourth-order valence-electron chi connectivity index (χ4n) is 1.32. The lowest BCUT2D eigenvalue weighted by Crippen LogP contribution is -2.01. The average Bonchev–Trinajstić information content (AvgIpc) is 2.38. The number of nitro groups is 1. The Morgan fingerprint density at radius 3 is 2.75 bits per heavy atom. The third-order valence-electron chi connectivity index (χ3n) is 2.08. The molecule has 1 aromatic heterocycles. The summed E-state index contributed by atoms with van der Waals surface area (Å²) in [5, 5.41) is 10.6. The fraction of sp³-hybridized carbons (Fsp3) is 0.182. The monoisotopic (exact) mass is 296 g/mol. The van der Waals surface area contributed by atoms with Crippen molar-refractivity contribution in [1.82, 2.24) is 15.0 Å². The number of benzene rings is 1. The summed E-state index contributed by atoms with van der Waals surface area (Å²) in [7, 11) is 0. The molecule has 0 bridgehead atoms. The molecule has 9 heteroatoms. The van der Waals surface area contributed by atoms with E-state index in [0.717, 1.165) is 0 Å². The van der Waals surface area contributed by atoms with E-state index in [1.165, 1.54) is 24.3 Å². The highest BCUT2D eigenvalue weighted by molar-refractivity contribution is 6.28. The van der Waals surface area contributed by atoms with Gasteiger partial charge in [-0.15, -0.1) is 4.98 Å². The first-order valence-corrected chi connectivity index (χ1v) is 5.93. The second kappa shape index (κ2) is 6.11. The minimum absolute atomic E-state index is 0.0212. The molecular weight excluding hydrogens is 288 g/mol. The van der Waals surface area contributed by atoms with Crippen LogP contribution in [0.15, 0.2) is 24.3 Å². The van der Waals surface area contributed by atoms with Crippen molar-refractivity contribution >= 4 is 17.3 Å². The predicted octanol–water partition coefficient (Wildman–Crippen LogP) is 2.62. The molecule has 0 atom stereocenters. The molecule has 0 spiro atoms. The van der Waals surface area contributed by atoms with Crippen LogP contribution in [0.3, 0.4) is 0 Å². The van der Waals surface area contributed by atoms with Crippen molar-refractivity contribution in [1.29, 1.82) is 0 Å². The van der Waals surface area contributed by atoms with Gasteiger partial charge in [-0.2, -0.15) is 9.97 Å². The Labute approximate surface area is 118 Å². The van der Waals surface area contributed by atoms with Gasteiger partial charge in [-0.25, -0.2) is 0 Å². The van der Waals surface area contributed by atoms with E-state index in [2.05, 4.69) is 15.0 Å². The largest absolute Gasteiger partial charge is 0.464 e. The lowest BCUT2D eigenvalue weighted by molar-refractivity contribution is -0.384. The van der Waals surface area contributed by atoms with E-state index in [0.29, 0.717) is 6.61 Å². The number of hydrogen-bond donors (Lipinski definition) is 0. The predicted molar refractivity (Wildman–Crippen MR) is 69.2 cm³/mol. The molecule has 0 saturated carbocycles. The zero-order valence-corrected chi connectivity index (χ0v) is 11.1. The van der Waals surface area contributed by atoms with Crippen LogP contribution >= 0.6 is 11.6 Å². The van der Waals surface area contributed by atoms with Crippen LogP contribution in [0.4, 0.5) is 5.69 Å². The standard InChI is InChI=1S/C11H9ClN4O4/c1-2-19-10-13-9(12)14-11(15-10)20-8-5-3-4-7(6-8)16(17)18/h3-6H,2H2,1H3. The molecular formula is C11H9ClN4O4. The Hall–Kier alpha value is -2.48. The maximum atomic E-state index is 10.7. The van der Waals surface area contributed by atoms with Gasteiger partial charge in [0.25, 0.3) is 5.69 Å². The van der Waals surface area contributed by atoms with Crippen LogP contribution in [0, 0.1) is 10.1 Å². The van der Waals surface area contributed by atoms with Gasteiger partial charge < -0.3 is 9.47 Å². The molecule has 20 heavy (non-hydrogen) atoms. The molecule has 0 unspecified atom stereocenters. The number of nitro benzene ring substituents is 1. The van der Waals surface area contributed by atoms with E-state index in [9.17, 15) is 10.1 Å². The Balaban J connectivity index is 2.25. The van der Waals surface area contributed by atoms with Crippen LogP contribution in [-0.2, 0) is 0 Å². The minimum atomic E-state index is -0.529. The molecule has 104 valence electrons. The quantitative estimate of drug-likeness (QED) is 0.617. The minimum Gasteiger partial charge on any atom is -0.464 e. The third kappa shape index (κ3) is 3.51. The summed E-state index contributed by atoms with van der Waals surface area (Å²) in [6.45, 7) is 2.12. The number of ether oxygens (including phenoxy) is 2. The van der Waals surface area contributed by atoms with Gasteiger partial charge in [-0.05, 0) is 24.6 Å². The van der Waals surface area contributed by atoms with Gasteiger partial charge >= 0.3 is 12.0 Å². The lowest BCUT2D eigenvalue weighted by Gasteiger charge is -2.05. The Bertz CT molecular complexity index is 638. The van der Waals surface area contributed by atoms with Crippen LogP contribution in [0.2, 0.25) is 5.28 Å². The lowest BCUT2D eigenvalue weighted by atomic mass is 10.3. The van der Waals surface area contributed by atoms with Gasteiger partial charge in [0.15, 0.2) is 0 Å². The van der Waals surface area contributed by atoms with Gasteiger partial charge in [0.1, 0.15) is 5.75 Å². The summed E-state index contributed by atoms with van der Waals surface area (Å²) in [5.74, 6) is 0.212. The normalized spacial score (nSPS) is 10.1. The molecule has 8 nitrogen and oxygen atoms in total. The van der Waals surface area contributed by atoms with Gasteiger partial charge in [-0.1, -0.05) is 6.07 Å². The summed E-state index contributed by atoms with van der Waals surface area (Å²) in [6, 6.07) is 5.53. The van der Waals surface area contributed by atoms with Crippen LogP contribution in [-0.4, -0.2) is 26.5 Å². The number of hydrogen-bond acceptors (Lipinski definition) is 7. The first-order chi connectivity index (χ1) is 9.58. The van der Waals surface area contributed by atoms with Crippen LogP contribution < -0.4 is 9.47 Å². The summed E-state index contributed by atoms with van der Waals surface area (Å²) >= 11 is 5.70. The maximum absolute atomic E-state index is 10.7. The van der Waals surface area contributed by atoms with Crippen LogP contribution in [0.5, 0.6) is 17.8 Å². The number of non-ortho nitro benzene ring substituents is 1. The molecule has 0 aliphatic rings. The highest BCUT2D eigenvalue weighted by atomic mass is 35.5. The topological polar surface area (TPSA) is 100 Å². The molecule has 0 amide bonds. The van der Waals surface area contributed by atoms with Crippen LogP contribution in [0.25, 0.3) is 0 Å². The van der Waals surface area contributed by atoms with Gasteiger partial charge in [-0.3, -0.25) is 10.1 Å². The Morgan fingerprint density at radius 2 is 2.05 bits per heavy atom. The number of aromatic nitrogens is 3. The van der Waals surface area contributed by atoms with Crippen molar-refractivity contribution < 1.29 is 14.4 Å². The third-order valence-corrected chi connectivity index (χ3v) is 2.25. The molecule has 0 radical (unpaired) electrons. The Kier molecular flexibility index (Phi) is 4.26. The number of rotatable bonds is 5. The van der Waals surface area contributed by atoms with Crippen molar-refractivity contribution in [2.45, 2.75) is 6.92 Å². The SMILES string of the molecule is CCOc1nc(Cl)nc(Oc2cccc([N+](=O)[O-])c2)n1. The summed E-state index contributed by atoms with van der Waals surface area (Å²) in [5.41, 5.74) is -0.104. The molecule has 2 rings (SSSR count). The molecule has 2 aromatic rings. The summed E-state index contributed by atoms with van der Waals surface area (Å²) in [6.07, 6.45) is 0. The zero-order chi connectivity index (χ0) is 14.5. The first kappa shape index (κ1) is 13.9. The van der Waals surface area contributed by atoms with E-state index in [1.54, 1.807) is 6.92 Å². The number of halogens is 1. The molecule has 1 heterocycles. The zero-order valence-electron chi connectivity index (χ0n) is 10.3. The molecule has 0 aliphatic carbocycles. The van der Waals surface area contributed by atoms with E-state index >= 15 is 0 Å². The van der Waals surface area contributed by atoms with Gasteiger partial charge in [0, 0.05) is 6.07 Å². The fourth-order valence-corrected chi connectivity index (χ4v) is 1.46. The van der Waals surface area contributed by atoms with E-state index in [1.807, 2.05) is 0 Å². The highest BCUT2D eigenvalue weighted by Crippen LogP contribution is 2.24. The van der Waals surface area contributed by atoms with Gasteiger partial charge in [0.05, 0.1) is 17.6 Å². The van der Waals surface area contributed by atoms with Crippen molar-refractivity contribution in [3.63, 3.8) is 0 Å². The van der Waals surface area contributed by atoms with E-state index < -0.39 is 4.92 Å². The average molecular weight is 297 g/mol. The van der Waals surface area contributed by atoms with Crippen molar-refractivity contribution in [2.24, 2.45) is 0 Å².